The number of methoxy groups -OCH3 is 1. The molecule has 0 aromatic heterocycles. The predicted octanol–water partition coefficient (Wildman–Crippen LogP) is 1.01. The van der Waals surface area contributed by atoms with Gasteiger partial charge in [-0.05, 0) is 6.07 Å². The Bertz CT molecular complexity index is 378. The third-order valence-corrected chi connectivity index (χ3v) is 2.55. The van der Waals surface area contributed by atoms with Gasteiger partial charge in [-0.3, -0.25) is 4.79 Å². The van der Waals surface area contributed by atoms with Gasteiger partial charge in [-0.15, -0.1) is 0 Å². The minimum absolute atomic E-state index is 0.187. The lowest BCUT2D eigenvalue weighted by Gasteiger charge is -2.13. The van der Waals surface area contributed by atoms with Crippen LogP contribution in [0.1, 0.15) is 18.0 Å². The second-order valence-electron chi connectivity index (χ2n) is 3.50. The van der Waals surface area contributed by atoms with Crippen LogP contribution in [-0.2, 0) is 9.53 Å². The van der Waals surface area contributed by atoms with E-state index >= 15 is 0 Å². The van der Waals surface area contributed by atoms with E-state index in [4.69, 9.17) is 10.5 Å². The molecule has 4 heteroatoms. The van der Waals surface area contributed by atoms with Crippen molar-refractivity contribution in [2.24, 2.45) is 5.73 Å². The Morgan fingerprint density at radius 1 is 1.53 bits per heavy atom. The van der Waals surface area contributed by atoms with E-state index in [1.54, 1.807) is 0 Å². The first-order valence-electron chi connectivity index (χ1n) is 4.80. The van der Waals surface area contributed by atoms with E-state index < -0.39 is 0 Å². The summed E-state index contributed by atoms with van der Waals surface area (Å²) in [6.45, 7) is 0. The number of rotatable bonds is 2. The number of benzene rings is 1. The summed E-state index contributed by atoms with van der Waals surface area (Å²) in [5, 5.41) is 0. The highest BCUT2D eigenvalue weighted by molar-refractivity contribution is 5.70. The van der Waals surface area contributed by atoms with E-state index in [0.717, 1.165) is 11.3 Å². The van der Waals surface area contributed by atoms with Crippen molar-refractivity contribution < 1.29 is 14.3 Å². The second-order valence-corrected chi connectivity index (χ2v) is 3.50. The zero-order valence-corrected chi connectivity index (χ0v) is 8.47. The molecule has 0 radical (unpaired) electrons. The average Bonchev–Trinajstić information content (AvgIpc) is 2.57. The summed E-state index contributed by atoms with van der Waals surface area (Å²) < 4.78 is 10.2. The normalized spacial score (nSPS) is 23.1. The van der Waals surface area contributed by atoms with Gasteiger partial charge in [0.05, 0.1) is 19.6 Å². The Labute approximate surface area is 88.0 Å². The Morgan fingerprint density at radius 2 is 2.27 bits per heavy atom. The number of carbonyl (C=O) groups is 1. The zero-order chi connectivity index (χ0) is 10.8. The number of nitrogens with two attached hydrogens (primary N) is 1. The maximum atomic E-state index is 11.1. The van der Waals surface area contributed by atoms with Gasteiger partial charge in [0.15, 0.2) is 0 Å². The largest absolute Gasteiger partial charge is 0.487 e. The van der Waals surface area contributed by atoms with Crippen LogP contribution in [-0.4, -0.2) is 19.2 Å². The van der Waals surface area contributed by atoms with Crippen LogP contribution in [0.5, 0.6) is 5.75 Å². The lowest BCUT2D eigenvalue weighted by molar-refractivity contribution is -0.142. The quantitative estimate of drug-likeness (QED) is 0.735. The third kappa shape index (κ3) is 1.80. The Kier molecular flexibility index (Phi) is 2.60. The summed E-state index contributed by atoms with van der Waals surface area (Å²) in [4.78, 5) is 11.1. The van der Waals surface area contributed by atoms with E-state index in [0.29, 0.717) is 0 Å². The van der Waals surface area contributed by atoms with E-state index in [-0.39, 0.29) is 24.5 Å². The number of carbonyl (C=O) groups excluding carboxylic acids is 1. The first kappa shape index (κ1) is 9.98. The second kappa shape index (κ2) is 3.90. The molecule has 0 unspecified atom stereocenters. The summed E-state index contributed by atoms with van der Waals surface area (Å²) in [6, 6.07) is 7.30. The molecule has 0 saturated carbocycles. The molecule has 1 heterocycles. The molecule has 80 valence electrons. The summed E-state index contributed by atoms with van der Waals surface area (Å²) in [6.07, 6.45) is -0.123. The summed E-state index contributed by atoms with van der Waals surface area (Å²) in [5.74, 6) is 0.460. The molecule has 0 bridgehead atoms. The highest BCUT2D eigenvalue weighted by atomic mass is 16.5. The topological polar surface area (TPSA) is 61.5 Å². The molecule has 1 aromatic rings. The smallest absolute Gasteiger partial charge is 0.309 e. The highest BCUT2D eigenvalue weighted by Crippen LogP contribution is 2.35. The van der Waals surface area contributed by atoms with Gasteiger partial charge in [0.25, 0.3) is 0 Å². The van der Waals surface area contributed by atoms with Crippen LogP contribution in [0.4, 0.5) is 0 Å². The molecular weight excluding hydrogens is 194 g/mol. The fourth-order valence-corrected chi connectivity index (χ4v) is 1.72. The Hall–Kier alpha value is -1.55. The average molecular weight is 207 g/mol. The molecule has 2 atom stereocenters. The van der Waals surface area contributed by atoms with Crippen molar-refractivity contribution in [3.8, 4) is 5.75 Å². The monoisotopic (exact) mass is 207 g/mol. The summed E-state index contributed by atoms with van der Waals surface area (Å²) in [5.41, 5.74) is 6.91. The standard InChI is InChI=1S/C11H13NO3/c1-14-10(13)6-9-11(12)7-4-2-3-5-8(7)15-9/h2-5,9,11H,6,12H2,1H3/t9-,11+/m1/s1. The molecule has 2 N–H and O–H groups in total. The van der Waals surface area contributed by atoms with Gasteiger partial charge in [-0.1, -0.05) is 18.2 Å². The lowest BCUT2D eigenvalue weighted by atomic mass is 10.0. The minimum Gasteiger partial charge on any atom is -0.487 e. The van der Waals surface area contributed by atoms with Crippen molar-refractivity contribution in [2.75, 3.05) is 7.11 Å². The van der Waals surface area contributed by atoms with Gasteiger partial charge in [-0.2, -0.15) is 0 Å². The van der Waals surface area contributed by atoms with Gasteiger partial charge >= 0.3 is 5.97 Å². The van der Waals surface area contributed by atoms with Crippen LogP contribution in [0, 0.1) is 0 Å². The Morgan fingerprint density at radius 3 is 2.93 bits per heavy atom. The van der Waals surface area contributed by atoms with Crippen molar-refractivity contribution in [1.82, 2.24) is 0 Å². The van der Waals surface area contributed by atoms with Crippen molar-refractivity contribution in [1.29, 1.82) is 0 Å². The maximum Gasteiger partial charge on any atom is 0.309 e. The number of para-hydroxylation sites is 1. The molecule has 1 aliphatic rings. The molecular formula is C11H13NO3. The van der Waals surface area contributed by atoms with E-state index in [9.17, 15) is 4.79 Å². The van der Waals surface area contributed by atoms with E-state index in [2.05, 4.69) is 4.74 Å². The van der Waals surface area contributed by atoms with Crippen LogP contribution < -0.4 is 10.5 Å². The maximum absolute atomic E-state index is 11.1. The number of ether oxygens (including phenoxy) is 2. The van der Waals surface area contributed by atoms with Crippen molar-refractivity contribution in [3.63, 3.8) is 0 Å². The molecule has 0 aliphatic carbocycles. The van der Waals surface area contributed by atoms with E-state index in [1.165, 1.54) is 7.11 Å². The molecule has 0 fully saturated rings. The summed E-state index contributed by atoms with van der Waals surface area (Å²) >= 11 is 0. The first-order valence-corrected chi connectivity index (χ1v) is 4.80. The van der Waals surface area contributed by atoms with Gasteiger partial charge in [0.1, 0.15) is 11.9 Å². The lowest BCUT2D eigenvalue weighted by Crippen LogP contribution is -2.28. The molecule has 4 nitrogen and oxygen atoms in total. The third-order valence-electron chi connectivity index (χ3n) is 2.55. The van der Waals surface area contributed by atoms with Crippen LogP contribution >= 0.6 is 0 Å². The van der Waals surface area contributed by atoms with Gasteiger partial charge in [-0.25, -0.2) is 0 Å². The molecule has 1 aromatic carbocycles. The molecule has 0 saturated heterocycles. The first-order chi connectivity index (χ1) is 7.22. The number of hydrogen-bond donors (Lipinski definition) is 1. The molecule has 2 rings (SSSR count). The SMILES string of the molecule is COC(=O)C[C@H]1Oc2ccccc2[C@@H]1N. The van der Waals surface area contributed by atoms with Crippen LogP contribution in [0.3, 0.4) is 0 Å². The summed E-state index contributed by atoms with van der Waals surface area (Å²) in [7, 11) is 1.36. The predicted molar refractivity (Wildman–Crippen MR) is 54.4 cm³/mol. The number of fused-ring (bicyclic) bond motifs is 1. The van der Waals surface area contributed by atoms with Gasteiger partial charge in [0, 0.05) is 5.56 Å². The fourth-order valence-electron chi connectivity index (χ4n) is 1.72. The van der Waals surface area contributed by atoms with Gasteiger partial charge in [0.2, 0.25) is 0 Å². The van der Waals surface area contributed by atoms with Crippen LogP contribution in [0.15, 0.2) is 24.3 Å². The molecule has 0 spiro atoms. The van der Waals surface area contributed by atoms with E-state index in [1.807, 2.05) is 24.3 Å². The van der Waals surface area contributed by atoms with Gasteiger partial charge < -0.3 is 15.2 Å². The molecule has 0 amide bonds. The highest BCUT2D eigenvalue weighted by Gasteiger charge is 2.32. The van der Waals surface area contributed by atoms with Crippen LogP contribution in [0.2, 0.25) is 0 Å². The molecule has 15 heavy (non-hydrogen) atoms. The van der Waals surface area contributed by atoms with Crippen molar-refractivity contribution >= 4 is 5.97 Å². The molecule has 1 aliphatic heterocycles. The minimum atomic E-state index is -0.310. The van der Waals surface area contributed by atoms with Crippen molar-refractivity contribution in [3.05, 3.63) is 29.8 Å². The zero-order valence-electron chi connectivity index (χ0n) is 8.47. The van der Waals surface area contributed by atoms with Crippen molar-refractivity contribution in [2.45, 2.75) is 18.6 Å². The number of hydrogen-bond acceptors (Lipinski definition) is 4. The fraction of sp³-hybridized carbons (Fsp3) is 0.364. The Balaban J connectivity index is 2.13. The number of esters is 1. The van der Waals surface area contributed by atoms with Crippen LogP contribution in [0.25, 0.3) is 0 Å².